The molecule has 1 aromatic heterocycles. The quantitative estimate of drug-likeness (QED) is 0.721. The number of thioether (sulfide) groups is 1. The standard InChI is InChI=1S/C16H20N2O3S/c1-4-20-14(19)10-11(2)22-12(3)15-17-18-16(21-15)13-8-6-5-7-9-13/h5-9,11-12H,4,10H2,1-3H3. The van der Waals surface area contributed by atoms with Crippen molar-refractivity contribution in [1.82, 2.24) is 10.2 Å². The number of rotatable bonds is 7. The Labute approximate surface area is 134 Å². The van der Waals surface area contributed by atoms with Gasteiger partial charge in [0, 0.05) is 10.8 Å². The Hall–Kier alpha value is -1.82. The Morgan fingerprint density at radius 1 is 1.27 bits per heavy atom. The minimum Gasteiger partial charge on any atom is -0.466 e. The fourth-order valence-corrected chi connectivity index (χ4v) is 3.15. The van der Waals surface area contributed by atoms with E-state index in [9.17, 15) is 4.79 Å². The van der Waals surface area contributed by atoms with Gasteiger partial charge in [-0.3, -0.25) is 4.79 Å². The van der Waals surface area contributed by atoms with E-state index in [1.807, 2.05) is 51.1 Å². The fraction of sp³-hybridized carbons (Fsp3) is 0.438. The minimum atomic E-state index is -0.176. The Morgan fingerprint density at radius 3 is 2.68 bits per heavy atom. The van der Waals surface area contributed by atoms with Crippen molar-refractivity contribution in [2.24, 2.45) is 0 Å². The van der Waals surface area contributed by atoms with Crippen LogP contribution in [0.1, 0.15) is 38.3 Å². The third-order valence-electron chi connectivity index (χ3n) is 3.01. The summed E-state index contributed by atoms with van der Waals surface area (Å²) in [6.07, 6.45) is 0.378. The summed E-state index contributed by atoms with van der Waals surface area (Å²) < 4.78 is 10.7. The Kier molecular flexibility index (Phi) is 6.00. The van der Waals surface area contributed by atoms with Crippen LogP contribution in [0.2, 0.25) is 0 Å². The van der Waals surface area contributed by atoms with Gasteiger partial charge in [-0.1, -0.05) is 25.1 Å². The van der Waals surface area contributed by atoms with Gasteiger partial charge < -0.3 is 9.15 Å². The maximum absolute atomic E-state index is 11.5. The molecular formula is C16H20N2O3S. The van der Waals surface area contributed by atoms with Crippen LogP contribution in [0.15, 0.2) is 34.7 Å². The van der Waals surface area contributed by atoms with Crippen LogP contribution in [0, 0.1) is 0 Å². The van der Waals surface area contributed by atoms with E-state index in [2.05, 4.69) is 10.2 Å². The molecule has 2 rings (SSSR count). The van der Waals surface area contributed by atoms with E-state index in [0.29, 0.717) is 24.8 Å². The molecule has 0 fully saturated rings. The van der Waals surface area contributed by atoms with Gasteiger partial charge in [-0.25, -0.2) is 0 Å². The summed E-state index contributed by atoms with van der Waals surface area (Å²) in [6.45, 7) is 6.21. The van der Waals surface area contributed by atoms with E-state index in [4.69, 9.17) is 9.15 Å². The fourth-order valence-electron chi connectivity index (χ4n) is 2.01. The van der Waals surface area contributed by atoms with Crippen LogP contribution in [0.3, 0.4) is 0 Å². The van der Waals surface area contributed by atoms with Crippen LogP contribution in [-0.4, -0.2) is 28.0 Å². The molecule has 0 radical (unpaired) electrons. The molecule has 5 nitrogen and oxygen atoms in total. The first-order valence-corrected chi connectivity index (χ1v) is 8.24. The molecule has 0 aliphatic carbocycles. The van der Waals surface area contributed by atoms with Crippen molar-refractivity contribution in [3.05, 3.63) is 36.2 Å². The molecule has 1 aromatic carbocycles. The van der Waals surface area contributed by atoms with Crippen LogP contribution in [0.25, 0.3) is 11.5 Å². The van der Waals surface area contributed by atoms with E-state index in [0.717, 1.165) is 5.56 Å². The molecule has 2 unspecified atom stereocenters. The zero-order valence-corrected chi connectivity index (χ0v) is 13.8. The van der Waals surface area contributed by atoms with E-state index in [1.165, 1.54) is 0 Å². The summed E-state index contributed by atoms with van der Waals surface area (Å²) in [7, 11) is 0. The number of hydrogen-bond acceptors (Lipinski definition) is 6. The summed E-state index contributed by atoms with van der Waals surface area (Å²) in [4.78, 5) is 11.5. The Bertz CT molecular complexity index is 600. The maximum Gasteiger partial charge on any atom is 0.306 e. The SMILES string of the molecule is CCOC(=O)CC(C)SC(C)c1nnc(-c2ccccc2)o1. The van der Waals surface area contributed by atoms with E-state index in [-0.39, 0.29) is 16.5 Å². The summed E-state index contributed by atoms with van der Waals surface area (Å²) >= 11 is 1.62. The van der Waals surface area contributed by atoms with Gasteiger partial charge in [-0.2, -0.15) is 0 Å². The van der Waals surface area contributed by atoms with Crippen LogP contribution >= 0.6 is 11.8 Å². The first-order chi connectivity index (χ1) is 10.6. The van der Waals surface area contributed by atoms with Crippen molar-refractivity contribution in [3.63, 3.8) is 0 Å². The first-order valence-electron chi connectivity index (χ1n) is 7.30. The second-order valence-electron chi connectivity index (χ2n) is 4.91. The molecule has 2 aromatic rings. The number of carbonyl (C=O) groups excluding carboxylic acids is 1. The van der Waals surface area contributed by atoms with E-state index in [1.54, 1.807) is 11.8 Å². The smallest absolute Gasteiger partial charge is 0.306 e. The van der Waals surface area contributed by atoms with Gasteiger partial charge >= 0.3 is 5.97 Å². The van der Waals surface area contributed by atoms with Crippen molar-refractivity contribution < 1.29 is 13.9 Å². The van der Waals surface area contributed by atoms with Gasteiger partial charge in [0.25, 0.3) is 0 Å². The molecule has 0 bridgehead atoms. The maximum atomic E-state index is 11.5. The average Bonchev–Trinajstić information content (AvgIpc) is 2.98. The normalized spacial score (nSPS) is 13.6. The molecule has 0 saturated carbocycles. The molecule has 2 atom stereocenters. The highest BCUT2D eigenvalue weighted by molar-refractivity contribution is 8.00. The molecule has 0 N–H and O–H groups in total. The van der Waals surface area contributed by atoms with Crippen molar-refractivity contribution in [2.75, 3.05) is 6.61 Å². The topological polar surface area (TPSA) is 65.2 Å². The number of ether oxygens (including phenoxy) is 1. The lowest BCUT2D eigenvalue weighted by Crippen LogP contribution is -2.11. The van der Waals surface area contributed by atoms with E-state index >= 15 is 0 Å². The summed E-state index contributed by atoms with van der Waals surface area (Å²) in [5.41, 5.74) is 0.901. The van der Waals surface area contributed by atoms with Gasteiger partial charge in [0.15, 0.2) is 0 Å². The largest absolute Gasteiger partial charge is 0.466 e. The predicted molar refractivity (Wildman–Crippen MR) is 86.5 cm³/mol. The lowest BCUT2D eigenvalue weighted by molar-refractivity contribution is -0.142. The average molecular weight is 320 g/mol. The number of aromatic nitrogens is 2. The lowest BCUT2D eigenvalue weighted by atomic mass is 10.2. The molecular weight excluding hydrogens is 300 g/mol. The molecule has 0 spiro atoms. The zero-order chi connectivity index (χ0) is 15.9. The highest BCUT2D eigenvalue weighted by Crippen LogP contribution is 2.33. The molecule has 0 aliphatic heterocycles. The summed E-state index contributed by atoms with van der Waals surface area (Å²) in [5, 5.41) is 8.34. The van der Waals surface area contributed by atoms with Crippen LogP contribution in [-0.2, 0) is 9.53 Å². The first kappa shape index (κ1) is 16.5. The molecule has 0 saturated heterocycles. The number of benzene rings is 1. The van der Waals surface area contributed by atoms with Crippen molar-refractivity contribution in [3.8, 4) is 11.5 Å². The second-order valence-corrected chi connectivity index (χ2v) is 6.69. The van der Waals surface area contributed by atoms with Gasteiger partial charge in [-0.15, -0.1) is 22.0 Å². The van der Waals surface area contributed by atoms with Gasteiger partial charge in [0.2, 0.25) is 11.8 Å². The third kappa shape index (κ3) is 4.59. The van der Waals surface area contributed by atoms with Gasteiger partial charge in [-0.05, 0) is 26.0 Å². The number of esters is 1. The lowest BCUT2D eigenvalue weighted by Gasteiger charge is -2.13. The summed E-state index contributed by atoms with van der Waals surface area (Å²) in [6, 6.07) is 9.66. The van der Waals surface area contributed by atoms with Crippen LogP contribution in [0.5, 0.6) is 0 Å². The molecule has 0 aliphatic rings. The third-order valence-corrected chi connectivity index (χ3v) is 4.25. The van der Waals surface area contributed by atoms with Gasteiger partial charge in [0.05, 0.1) is 18.3 Å². The zero-order valence-electron chi connectivity index (χ0n) is 13.0. The van der Waals surface area contributed by atoms with Crippen molar-refractivity contribution in [2.45, 2.75) is 37.7 Å². The predicted octanol–water partition coefficient (Wildman–Crippen LogP) is 3.87. The molecule has 6 heteroatoms. The Balaban J connectivity index is 1.94. The second kappa shape index (κ2) is 7.98. The minimum absolute atomic E-state index is 0.0226. The van der Waals surface area contributed by atoms with Crippen LogP contribution in [0.4, 0.5) is 0 Å². The molecule has 1 heterocycles. The highest BCUT2D eigenvalue weighted by Gasteiger charge is 2.20. The number of carbonyl (C=O) groups is 1. The monoisotopic (exact) mass is 320 g/mol. The molecule has 118 valence electrons. The summed E-state index contributed by atoms with van der Waals surface area (Å²) in [5.74, 6) is 0.908. The molecule has 22 heavy (non-hydrogen) atoms. The van der Waals surface area contributed by atoms with Crippen molar-refractivity contribution in [1.29, 1.82) is 0 Å². The van der Waals surface area contributed by atoms with E-state index < -0.39 is 0 Å². The number of hydrogen-bond donors (Lipinski definition) is 0. The van der Waals surface area contributed by atoms with Gasteiger partial charge in [0.1, 0.15) is 0 Å². The van der Waals surface area contributed by atoms with Crippen molar-refractivity contribution >= 4 is 17.7 Å². The Morgan fingerprint density at radius 2 is 2.00 bits per heavy atom. The number of nitrogens with zero attached hydrogens (tertiary/aromatic N) is 2. The highest BCUT2D eigenvalue weighted by atomic mass is 32.2. The molecule has 0 amide bonds. The van der Waals surface area contributed by atoms with Crippen LogP contribution < -0.4 is 0 Å².